The number of ether oxygens (including phenoxy) is 1. The molecule has 0 rings (SSSR count). The van der Waals surface area contributed by atoms with E-state index in [-0.39, 0.29) is 11.8 Å². The molecule has 0 aromatic heterocycles. The van der Waals surface area contributed by atoms with Crippen LogP contribution in [0.4, 0.5) is 0 Å². The zero-order chi connectivity index (χ0) is 11.8. The van der Waals surface area contributed by atoms with Gasteiger partial charge in [0.05, 0.1) is 6.61 Å². The van der Waals surface area contributed by atoms with Gasteiger partial charge in [0, 0.05) is 24.4 Å². The van der Waals surface area contributed by atoms with Crippen LogP contribution in [-0.4, -0.2) is 31.0 Å². The maximum atomic E-state index is 11.6. The quantitative estimate of drug-likeness (QED) is 0.726. The summed E-state index contributed by atoms with van der Waals surface area (Å²) < 4.78 is 4.99. The molecule has 0 saturated carbocycles. The number of nitrogens with one attached hydrogen (secondary N) is 1. The largest absolute Gasteiger partial charge is 0.384 e. The van der Waals surface area contributed by atoms with Gasteiger partial charge in [0.25, 0.3) is 0 Å². The Morgan fingerprint density at radius 1 is 1.40 bits per heavy atom. The first-order valence-corrected chi connectivity index (χ1v) is 6.31. The molecule has 0 aliphatic rings. The molecule has 3 nitrogen and oxygen atoms in total. The molecule has 0 bridgehead atoms. The van der Waals surface area contributed by atoms with E-state index < -0.39 is 0 Å². The van der Waals surface area contributed by atoms with E-state index in [1.165, 1.54) is 0 Å². The third-order valence-electron chi connectivity index (χ3n) is 2.52. The molecule has 0 aliphatic heterocycles. The fourth-order valence-corrected chi connectivity index (χ4v) is 1.57. The van der Waals surface area contributed by atoms with Gasteiger partial charge in [0.2, 0.25) is 5.91 Å². The molecule has 15 heavy (non-hydrogen) atoms. The summed E-state index contributed by atoms with van der Waals surface area (Å²) in [6.45, 7) is 7.45. The van der Waals surface area contributed by atoms with E-state index in [1.807, 2.05) is 6.92 Å². The Balaban J connectivity index is 3.63. The summed E-state index contributed by atoms with van der Waals surface area (Å²) in [5, 5.41) is 2.93. The van der Waals surface area contributed by atoms with Crippen molar-refractivity contribution in [3.8, 4) is 0 Å². The molecule has 1 N–H and O–H groups in total. The lowest BCUT2D eigenvalue weighted by Crippen LogP contribution is -2.33. The van der Waals surface area contributed by atoms with Crippen molar-refractivity contribution < 1.29 is 9.53 Å². The Morgan fingerprint density at radius 2 is 2.00 bits per heavy atom. The van der Waals surface area contributed by atoms with Crippen molar-refractivity contribution in [2.24, 2.45) is 11.8 Å². The Kier molecular flexibility index (Phi) is 8.06. The van der Waals surface area contributed by atoms with Crippen LogP contribution < -0.4 is 5.32 Å². The van der Waals surface area contributed by atoms with Crippen LogP contribution in [0.3, 0.4) is 0 Å². The fourth-order valence-electron chi connectivity index (χ4n) is 1.08. The van der Waals surface area contributed by atoms with Gasteiger partial charge in [0.1, 0.15) is 0 Å². The molecule has 0 heterocycles. The second kappa shape index (κ2) is 8.11. The minimum Gasteiger partial charge on any atom is -0.384 e. The standard InChI is InChI=1S/C11H22BrNO2/c1-8(2)9(3)11(14)13-6-5-10(12)7-15-4/h8-10H,5-7H2,1-4H3,(H,13,14). The van der Waals surface area contributed by atoms with Gasteiger partial charge in [-0.25, -0.2) is 0 Å². The number of carbonyl (C=O) groups is 1. The molecule has 0 spiro atoms. The Labute approximate surface area is 101 Å². The van der Waals surface area contributed by atoms with Crippen molar-refractivity contribution in [1.82, 2.24) is 5.32 Å². The summed E-state index contributed by atoms with van der Waals surface area (Å²) in [6.07, 6.45) is 0.893. The SMILES string of the molecule is COCC(Br)CCNC(=O)C(C)C(C)C. The van der Waals surface area contributed by atoms with Crippen LogP contribution in [0, 0.1) is 11.8 Å². The van der Waals surface area contributed by atoms with Gasteiger partial charge < -0.3 is 10.1 Å². The maximum Gasteiger partial charge on any atom is 0.223 e. The van der Waals surface area contributed by atoms with Crippen LogP contribution >= 0.6 is 15.9 Å². The van der Waals surface area contributed by atoms with E-state index in [4.69, 9.17) is 4.74 Å². The monoisotopic (exact) mass is 279 g/mol. The van der Waals surface area contributed by atoms with E-state index in [1.54, 1.807) is 7.11 Å². The minimum absolute atomic E-state index is 0.0844. The second-order valence-electron chi connectivity index (χ2n) is 4.17. The van der Waals surface area contributed by atoms with Crippen molar-refractivity contribution >= 4 is 21.8 Å². The number of carbonyl (C=O) groups excluding carboxylic acids is 1. The molecule has 2 atom stereocenters. The van der Waals surface area contributed by atoms with Crippen molar-refractivity contribution in [2.75, 3.05) is 20.3 Å². The highest BCUT2D eigenvalue weighted by molar-refractivity contribution is 9.09. The average Bonchev–Trinajstić information content (AvgIpc) is 2.16. The van der Waals surface area contributed by atoms with E-state index in [0.29, 0.717) is 23.9 Å². The topological polar surface area (TPSA) is 38.3 Å². The molecule has 90 valence electrons. The lowest BCUT2D eigenvalue weighted by Gasteiger charge is -2.16. The van der Waals surface area contributed by atoms with Crippen molar-refractivity contribution in [3.63, 3.8) is 0 Å². The molecule has 2 unspecified atom stereocenters. The van der Waals surface area contributed by atoms with Gasteiger partial charge in [-0.05, 0) is 12.3 Å². The Morgan fingerprint density at radius 3 is 2.47 bits per heavy atom. The third-order valence-corrected chi connectivity index (χ3v) is 3.24. The van der Waals surface area contributed by atoms with Crippen LogP contribution in [0.2, 0.25) is 0 Å². The number of halogens is 1. The zero-order valence-electron chi connectivity index (χ0n) is 10.0. The molecule has 0 fully saturated rings. The lowest BCUT2D eigenvalue weighted by molar-refractivity contribution is -0.125. The summed E-state index contributed by atoms with van der Waals surface area (Å²) in [5.74, 6) is 0.618. The molecule has 0 radical (unpaired) electrons. The predicted molar refractivity (Wildman–Crippen MR) is 66.2 cm³/mol. The van der Waals surface area contributed by atoms with E-state index in [9.17, 15) is 4.79 Å². The summed E-state index contributed by atoms with van der Waals surface area (Å²) in [7, 11) is 1.67. The van der Waals surface area contributed by atoms with E-state index >= 15 is 0 Å². The number of methoxy groups -OCH3 is 1. The number of hydrogen-bond acceptors (Lipinski definition) is 2. The predicted octanol–water partition coefficient (Wildman–Crippen LogP) is 2.19. The maximum absolute atomic E-state index is 11.6. The minimum atomic E-state index is 0.0844. The molecular formula is C11H22BrNO2. The van der Waals surface area contributed by atoms with Crippen LogP contribution in [0.1, 0.15) is 27.2 Å². The van der Waals surface area contributed by atoms with Crippen LogP contribution in [0.5, 0.6) is 0 Å². The molecule has 0 aromatic carbocycles. The zero-order valence-corrected chi connectivity index (χ0v) is 11.6. The first kappa shape index (κ1) is 14.9. The summed E-state index contributed by atoms with van der Waals surface area (Å²) in [5.41, 5.74) is 0. The van der Waals surface area contributed by atoms with Gasteiger partial charge in [-0.3, -0.25) is 4.79 Å². The summed E-state index contributed by atoms with van der Waals surface area (Å²) in [6, 6.07) is 0. The van der Waals surface area contributed by atoms with Gasteiger partial charge in [-0.15, -0.1) is 0 Å². The number of amides is 1. The Bertz CT molecular complexity index is 185. The molecule has 0 saturated heterocycles. The van der Waals surface area contributed by atoms with Crippen molar-refractivity contribution in [1.29, 1.82) is 0 Å². The van der Waals surface area contributed by atoms with Crippen molar-refractivity contribution in [2.45, 2.75) is 32.0 Å². The second-order valence-corrected chi connectivity index (χ2v) is 5.46. The van der Waals surface area contributed by atoms with Crippen molar-refractivity contribution in [3.05, 3.63) is 0 Å². The van der Waals surface area contributed by atoms with Crippen LogP contribution in [-0.2, 0) is 9.53 Å². The first-order chi connectivity index (χ1) is 6.99. The fraction of sp³-hybridized carbons (Fsp3) is 0.909. The molecule has 1 amide bonds. The smallest absolute Gasteiger partial charge is 0.223 e. The highest BCUT2D eigenvalue weighted by Crippen LogP contribution is 2.09. The van der Waals surface area contributed by atoms with Gasteiger partial charge in [-0.1, -0.05) is 36.7 Å². The summed E-state index contributed by atoms with van der Waals surface area (Å²) >= 11 is 3.48. The number of rotatable bonds is 7. The van der Waals surface area contributed by atoms with E-state index in [2.05, 4.69) is 35.1 Å². The summed E-state index contributed by atoms with van der Waals surface area (Å²) in [4.78, 5) is 11.9. The number of hydrogen-bond donors (Lipinski definition) is 1. The van der Waals surface area contributed by atoms with E-state index in [0.717, 1.165) is 6.42 Å². The van der Waals surface area contributed by atoms with Crippen LogP contribution in [0.15, 0.2) is 0 Å². The Hall–Kier alpha value is -0.0900. The molecular weight excluding hydrogens is 258 g/mol. The molecule has 4 heteroatoms. The van der Waals surface area contributed by atoms with Gasteiger partial charge >= 0.3 is 0 Å². The average molecular weight is 280 g/mol. The number of alkyl halides is 1. The lowest BCUT2D eigenvalue weighted by atomic mass is 9.97. The normalized spacial score (nSPS) is 15.1. The van der Waals surface area contributed by atoms with Gasteiger partial charge in [0.15, 0.2) is 0 Å². The molecule has 0 aromatic rings. The highest BCUT2D eigenvalue weighted by atomic mass is 79.9. The van der Waals surface area contributed by atoms with Gasteiger partial charge in [-0.2, -0.15) is 0 Å². The molecule has 0 aliphatic carbocycles. The third kappa shape index (κ3) is 6.90. The van der Waals surface area contributed by atoms with Crippen LogP contribution in [0.25, 0.3) is 0 Å². The first-order valence-electron chi connectivity index (χ1n) is 5.39. The highest BCUT2D eigenvalue weighted by Gasteiger charge is 2.16.